The maximum Gasteiger partial charge on any atom is 0.332 e. The normalized spacial score (nSPS) is 23.9. The van der Waals surface area contributed by atoms with Gasteiger partial charge >= 0.3 is 5.97 Å². The van der Waals surface area contributed by atoms with E-state index in [1.54, 1.807) is 19.1 Å². The van der Waals surface area contributed by atoms with Crippen LogP contribution in [-0.4, -0.2) is 11.2 Å². The van der Waals surface area contributed by atoms with Crippen molar-refractivity contribution in [2.75, 3.05) is 0 Å². The molecule has 1 aromatic rings. The number of carbonyl (C=O) groups is 2. The van der Waals surface area contributed by atoms with Crippen LogP contribution in [0.5, 0.6) is 0 Å². The van der Waals surface area contributed by atoms with Crippen molar-refractivity contribution in [2.45, 2.75) is 12.5 Å². The van der Waals surface area contributed by atoms with Crippen molar-refractivity contribution < 1.29 is 14.3 Å². The van der Waals surface area contributed by atoms with Crippen LogP contribution in [0.15, 0.2) is 42.0 Å². The molecule has 0 saturated heterocycles. The number of halogens is 1. The minimum absolute atomic E-state index is 0.172. The summed E-state index contributed by atoms with van der Waals surface area (Å²) in [4.78, 5) is 22.5. The average Bonchev–Trinajstić information content (AvgIpc) is 2.57. The third kappa shape index (κ3) is 1.63. The highest BCUT2D eigenvalue weighted by Gasteiger charge is 2.43. The Morgan fingerprint density at radius 2 is 1.94 bits per heavy atom. The molecule has 0 fully saturated rings. The van der Waals surface area contributed by atoms with Crippen molar-refractivity contribution in [3.05, 3.63) is 47.5 Å². The monoisotopic (exact) mass is 236 g/mol. The van der Waals surface area contributed by atoms with Gasteiger partial charge in [-0.05, 0) is 24.1 Å². The summed E-state index contributed by atoms with van der Waals surface area (Å²) in [5, 5.41) is -0.669. The predicted octanol–water partition coefficient (Wildman–Crippen LogP) is 2.15. The minimum Gasteiger partial charge on any atom is -0.446 e. The zero-order chi connectivity index (χ0) is 11.8. The molecular weight excluding hydrogens is 228 g/mol. The van der Waals surface area contributed by atoms with Crippen LogP contribution in [0.4, 0.5) is 0 Å². The highest BCUT2D eigenvalue weighted by molar-refractivity contribution is 6.68. The molecular formula is C12H9ClO3. The first-order chi connectivity index (χ1) is 7.54. The van der Waals surface area contributed by atoms with E-state index in [4.69, 9.17) is 16.3 Å². The van der Waals surface area contributed by atoms with Gasteiger partial charge in [-0.15, -0.1) is 0 Å². The van der Waals surface area contributed by atoms with Gasteiger partial charge in [0.2, 0.25) is 0 Å². The summed E-state index contributed by atoms with van der Waals surface area (Å²) in [5.41, 5.74) is -0.177. The number of rotatable bonds is 2. The Morgan fingerprint density at radius 1 is 1.31 bits per heavy atom. The number of esters is 1. The fraction of sp³-hybridized carbons (Fsp3) is 0.167. The summed E-state index contributed by atoms with van der Waals surface area (Å²) in [6, 6.07) is 9.03. The molecule has 1 aliphatic rings. The highest BCUT2D eigenvalue weighted by Crippen LogP contribution is 2.38. The van der Waals surface area contributed by atoms with E-state index < -0.39 is 16.8 Å². The molecule has 0 bridgehead atoms. The van der Waals surface area contributed by atoms with Crippen molar-refractivity contribution >= 4 is 22.8 Å². The number of hydrogen-bond donors (Lipinski definition) is 0. The van der Waals surface area contributed by atoms with Crippen LogP contribution in [0, 0.1) is 0 Å². The molecule has 1 atom stereocenters. The van der Waals surface area contributed by atoms with Crippen molar-refractivity contribution in [2.24, 2.45) is 0 Å². The molecule has 0 saturated carbocycles. The average molecular weight is 237 g/mol. The molecule has 3 nitrogen and oxygen atoms in total. The molecule has 0 radical (unpaired) electrons. The molecule has 4 heteroatoms. The van der Waals surface area contributed by atoms with Crippen molar-refractivity contribution in [3.63, 3.8) is 0 Å². The minimum atomic E-state index is -1.07. The zero-order valence-corrected chi connectivity index (χ0v) is 9.32. The van der Waals surface area contributed by atoms with Crippen molar-refractivity contribution in [1.29, 1.82) is 0 Å². The third-order valence-corrected chi connectivity index (χ3v) is 2.82. The lowest BCUT2D eigenvalue weighted by Crippen LogP contribution is -2.27. The van der Waals surface area contributed by atoms with Crippen LogP contribution in [0.2, 0.25) is 0 Å². The van der Waals surface area contributed by atoms with Crippen molar-refractivity contribution in [3.8, 4) is 0 Å². The highest BCUT2D eigenvalue weighted by atomic mass is 35.5. The van der Waals surface area contributed by atoms with Gasteiger partial charge in [0.25, 0.3) is 5.24 Å². The van der Waals surface area contributed by atoms with E-state index in [1.165, 1.54) is 0 Å². The lowest BCUT2D eigenvalue weighted by atomic mass is 9.89. The van der Waals surface area contributed by atoms with Crippen LogP contribution in [-0.2, 0) is 19.9 Å². The second-order valence-electron chi connectivity index (χ2n) is 3.65. The van der Waals surface area contributed by atoms with Gasteiger partial charge in [0.15, 0.2) is 5.60 Å². The predicted molar refractivity (Wildman–Crippen MR) is 58.8 cm³/mol. The Kier molecular flexibility index (Phi) is 2.56. The lowest BCUT2D eigenvalue weighted by Gasteiger charge is -2.25. The number of ether oxygens (including phenoxy) is 1. The maximum absolute atomic E-state index is 11.2. The Bertz CT molecular complexity index is 478. The Morgan fingerprint density at radius 3 is 2.50 bits per heavy atom. The molecule has 0 aromatic heterocycles. The van der Waals surface area contributed by atoms with E-state index in [-0.39, 0.29) is 5.57 Å². The van der Waals surface area contributed by atoms with Gasteiger partial charge < -0.3 is 4.74 Å². The Hall–Kier alpha value is -1.61. The second-order valence-corrected chi connectivity index (χ2v) is 4.00. The van der Waals surface area contributed by atoms with Gasteiger partial charge in [-0.3, -0.25) is 4.79 Å². The fourth-order valence-corrected chi connectivity index (χ4v) is 1.99. The SMILES string of the molecule is CC1(c2ccccc2)OC(=O)C=C1C(=O)Cl. The number of cyclic esters (lactones) is 1. The molecule has 16 heavy (non-hydrogen) atoms. The molecule has 0 N–H and O–H groups in total. The maximum atomic E-state index is 11.2. The molecule has 0 amide bonds. The lowest BCUT2D eigenvalue weighted by molar-refractivity contribution is -0.145. The molecule has 0 spiro atoms. The van der Waals surface area contributed by atoms with E-state index in [0.717, 1.165) is 11.6 Å². The molecule has 1 unspecified atom stereocenters. The topological polar surface area (TPSA) is 43.4 Å². The summed E-state index contributed by atoms with van der Waals surface area (Å²) < 4.78 is 5.17. The second kappa shape index (κ2) is 3.76. The van der Waals surface area contributed by atoms with Crippen LogP contribution >= 0.6 is 11.6 Å². The summed E-state index contributed by atoms with van der Waals surface area (Å²) in [7, 11) is 0. The third-order valence-electron chi connectivity index (χ3n) is 2.62. The van der Waals surface area contributed by atoms with E-state index in [2.05, 4.69) is 0 Å². The number of carbonyl (C=O) groups excluding carboxylic acids is 2. The smallest absolute Gasteiger partial charge is 0.332 e. The quantitative estimate of drug-likeness (QED) is 0.584. The van der Waals surface area contributed by atoms with Gasteiger partial charge in [0.05, 0.1) is 5.57 Å². The van der Waals surface area contributed by atoms with Crippen LogP contribution in [0.3, 0.4) is 0 Å². The van der Waals surface area contributed by atoms with Crippen LogP contribution in [0.1, 0.15) is 12.5 Å². The van der Waals surface area contributed by atoms with E-state index >= 15 is 0 Å². The van der Waals surface area contributed by atoms with Crippen LogP contribution in [0.25, 0.3) is 0 Å². The first kappa shape index (κ1) is 10.9. The molecule has 0 aliphatic carbocycles. The van der Waals surface area contributed by atoms with Gasteiger partial charge in [0.1, 0.15) is 0 Å². The van der Waals surface area contributed by atoms with E-state index in [9.17, 15) is 9.59 Å². The number of hydrogen-bond acceptors (Lipinski definition) is 3. The summed E-state index contributed by atoms with van der Waals surface area (Å²) in [6.07, 6.45) is 1.14. The Labute approximate surface area is 97.7 Å². The fourth-order valence-electron chi connectivity index (χ4n) is 1.76. The van der Waals surface area contributed by atoms with E-state index in [1.807, 2.05) is 18.2 Å². The summed E-state index contributed by atoms with van der Waals surface area (Å²) >= 11 is 5.44. The van der Waals surface area contributed by atoms with E-state index in [0.29, 0.717) is 0 Å². The molecule has 2 rings (SSSR count). The van der Waals surface area contributed by atoms with Gasteiger partial charge in [-0.1, -0.05) is 30.3 Å². The summed E-state index contributed by atoms with van der Waals surface area (Å²) in [5.74, 6) is -0.546. The van der Waals surface area contributed by atoms with Crippen LogP contribution < -0.4 is 0 Å². The van der Waals surface area contributed by atoms with Gasteiger partial charge in [0, 0.05) is 6.08 Å². The molecule has 82 valence electrons. The van der Waals surface area contributed by atoms with Crippen molar-refractivity contribution in [1.82, 2.24) is 0 Å². The van der Waals surface area contributed by atoms with Gasteiger partial charge in [-0.25, -0.2) is 4.79 Å². The summed E-state index contributed by atoms with van der Waals surface area (Å²) in [6.45, 7) is 1.65. The first-order valence-corrected chi connectivity index (χ1v) is 5.12. The largest absolute Gasteiger partial charge is 0.446 e. The zero-order valence-electron chi connectivity index (χ0n) is 8.57. The standard InChI is InChI=1S/C12H9ClO3/c1-12(8-5-3-2-4-6-8)9(11(13)15)7-10(14)16-12/h2-7H,1H3. The first-order valence-electron chi connectivity index (χ1n) is 4.74. The van der Waals surface area contributed by atoms with Gasteiger partial charge in [-0.2, -0.15) is 0 Å². The number of benzene rings is 1. The molecule has 1 heterocycles. The Balaban J connectivity index is 2.51. The molecule has 1 aromatic carbocycles. The molecule has 1 aliphatic heterocycles.